The van der Waals surface area contributed by atoms with Gasteiger partial charge in [0.2, 0.25) is 0 Å². The second kappa shape index (κ2) is 9.29. The Labute approximate surface area is 208 Å². The van der Waals surface area contributed by atoms with Gasteiger partial charge in [0.15, 0.2) is 11.2 Å². The molecule has 1 N–H and O–H groups in total. The first kappa shape index (κ1) is 23.8. The summed E-state index contributed by atoms with van der Waals surface area (Å²) in [5, 5.41) is 8.05. The van der Waals surface area contributed by atoms with Crippen LogP contribution >= 0.6 is 0 Å². The molecule has 1 atom stereocenters. The standard InChI is InChI=1S/C27H29FN6O2/c1-27(2,3)20-11-9-18(10-12-20)26(36)33-13-5-7-19(16-33)23-29-24-22(25(35)30-23)31-32-34(24)15-17-6-4-8-21(28)14-17/h4,6,8-12,14,19H,5,7,13,15-16H2,1-3H3,(H,29,30,35)/t19-/m1/s1. The van der Waals surface area contributed by atoms with Crippen LogP contribution in [-0.4, -0.2) is 48.9 Å². The van der Waals surface area contributed by atoms with Gasteiger partial charge in [0.1, 0.15) is 11.6 Å². The maximum Gasteiger partial charge on any atom is 0.281 e. The predicted molar refractivity (Wildman–Crippen MR) is 134 cm³/mol. The Bertz CT molecular complexity index is 1470. The van der Waals surface area contributed by atoms with Crippen LogP contribution in [0.5, 0.6) is 0 Å². The number of likely N-dealkylation sites (tertiary alicyclic amines) is 1. The molecule has 0 spiro atoms. The number of halogens is 1. The topological polar surface area (TPSA) is 96.8 Å². The van der Waals surface area contributed by atoms with Crippen LogP contribution in [0.25, 0.3) is 11.2 Å². The largest absolute Gasteiger partial charge is 0.338 e. The zero-order valence-electron chi connectivity index (χ0n) is 20.7. The van der Waals surface area contributed by atoms with Gasteiger partial charge in [-0.2, -0.15) is 0 Å². The molecule has 8 nitrogen and oxygen atoms in total. The van der Waals surface area contributed by atoms with E-state index in [9.17, 15) is 14.0 Å². The Balaban J connectivity index is 1.38. The highest BCUT2D eigenvalue weighted by molar-refractivity contribution is 5.94. The Morgan fingerprint density at radius 1 is 1.17 bits per heavy atom. The van der Waals surface area contributed by atoms with Crippen molar-refractivity contribution in [3.63, 3.8) is 0 Å². The van der Waals surface area contributed by atoms with Crippen LogP contribution in [0.1, 0.15) is 66.8 Å². The fourth-order valence-electron chi connectivity index (χ4n) is 4.67. The molecule has 2 aromatic heterocycles. The average molecular weight is 489 g/mol. The number of carbonyl (C=O) groups excluding carboxylic acids is 1. The lowest BCUT2D eigenvalue weighted by Crippen LogP contribution is -2.40. The van der Waals surface area contributed by atoms with Gasteiger partial charge in [-0.1, -0.05) is 50.3 Å². The number of rotatable bonds is 4. The first-order chi connectivity index (χ1) is 17.2. The molecular formula is C27H29FN6O2. The second-order valence-corrected chi connectivity index (χ2v) is 10.4. The monoisotopic (exact) mass is 488 g/mol. The summed E-state index contributed by atoms with van der Waals surface area (Å²) in [5.41, 5.74) is 2.65. The Morgan fingerprint density at radius 3 is 2.67 bits per heavy atom. The molecule has 1 aliphatic heterocycles. The number of benzene rings is 2. The molecule has 0 bridgehead atoms. The molecule has 0 saturated carbocycles. The lowest BCUT2D eigenvalue weighted by atomic mass is 9.86. The van der Waals surface area contributed by atoms with Crippen molar-refractivity contribution < 1.29 is 9.18 Å². The van der Waals surface area contributed by atoms with E-state index < -0.39 is 0 Å². The van der Waals surface area contributed by atoms with Crippen molar-refractivity contribution in [1.82, 2.24) is 29.9 Å². The molecule has 1 aliphatic rings. The molecule has 2 aromatic carbocycles. The zero-order valence-corrected chi connectivity index (χ0v) is 20.7. The SMILES string of the molecule is CC(C)(C)c1ccc(C(=O)N2CCC[C@@H](c3nc4c(nnn4Cc4cccc(F)c4)c(=O)[nH]3)C2)cc1. The molecule has 1 fully saturated rings. The lowest BCUT2D eigenvalue weighted by molar-refractivity contribution is 0.0704. The van der Waals surface area contributed by atoms with Crippen molar-refractivity contribution in [2.24, 2.45) is 0 Å². The third-order valence-corrected chi connectivity index (χ3v) is 6.71. The molecule has 9 heteroatoms. The van der Waals surface area contributed by atoms with Crippen molar-refractivity contribution in [3.8, 4) is 0 Å². The summed E-state index contributed by atoms with van der Waals surface area (Å²) in [6.45, 7) is 7.78. The average Bonchev–Trinajstić information content (AvgIpc) is 3.26. The summed E-state index contributed by atoms with van der Waals surface area (Å²) in [4.78, 5) is 35.4. The number of H-pyrrole nitrogens is 1. The van der Waals surface area contributed by atoms with Gasteiger partial charge in [0.05, 0.1) is 6.54 Å². The number of aromatic nitrogens is 5. The molecular weight excluding hydrogens is 459 g/mol. The van der Waals surface area contributed by atoms with Gasteiger partial charge in [0, 0.05) is 24.6 Å². The molecule has 0 radical (unpaired) electrons. The van der Waals surface area contributed by atoms with Crippen LogP contribution < -0.4 is 5.56 Å². The minimum Gasteiger partial charge on any atom is -0.338 e. The second-order valence-electron chi connectivity index (χ2n) is 10.4. The van der Waals surface area contributed by atoms with E-state index in [1.54, 1.807) is 12.1 Å². The number of nitrogens with zero attached hydrogens (tertiary/aromatic N) is 5. The summed E-state index contributed by atoms with van der Waals surface area (Å²) in [6, 6.07) is 14.0. The van der Waals surface area contributed by atoms with Gasteiger partial charge < -0.3 is 9.88 Å². The molecule has 3 heterocycles. The number of nitrogens with one attached hydrogen (secondary N) is 1. The summed E-state index contributed by atoms with van der Waals surface area (Å²) in [6.07, 6.45) is 1.60. The number of amides is 1. The van der Waals surface area contributed by atoms with Gasteiger partial charge >= 0.3 is 0 Å². The predicted octanol–water partition coefficient (Wildman–Crippen LogP) is 4.02. The van der Waals surface area contributed by atoms with Gasteiger partial charge in [-0.3, -0.25) is 9.59 Å². The van der Waals surface area contributed by atoms with Gasteiger partial charge in [-0.25, -0.2) is 14.1 Å². The minimum absolute atomic E-state index is 0.0179. The molecule has 0 unspecified atom stereocenters. The summed E-state index contributed by atoms with van der Waals surface area (Å²) in [7, 11) is 0. The van der Waals surface area contributed by atoms with Crippen LogP contribution in [-0.2, 0) is 12.0 Å². The first-order valence-corrected chi connectivity index (χ1v) is 12.2. The van der Waals surface area contributed by atoms with E-state index in [1.807, 2.05) is 29.2 Å². The highest BCUT2D eigenvalue weighted by Crippen LogP contribution is 2.27. The van der Waals surface area contributed by atoms with Crippen LogP contribution in [0.15, 0.2) is 53.3 Å². The lowest BCUT2D eigenvalue weighted by Gasteiger charge is -2.32. The summed E-state index contributed by atoms with van der Waals surface area (Å²) >= 11 is 0. The van der Waals surface area contributed by atoms with E-state index in [4.69, 9.17) is 4.98 Å². The first-order valence-electron chi connectivity index (χ1n) is 12.2. The van der Waals surface area contributed by atoms with Crippen LogP contribution in [0, 0.1) is 5.82 Å². The van der Waals surface area contributed by atoms with Crippen molar-refractivity contribution >= 4 is 17.1 Å². The Hall–Kier alpha value is -3.88. The third kappa shape index (κ3) is 4.78. The van der Waals surface area contributed by atoms with Crippen LogP contribution in [0.2, 0.25) is 0 Å². The molecule has 36 heavy (non-hydrogen) atoms. The normalized spacial score (nSPS) is 16.4. The van der Waals surface area contributed by atoms with Crippen molar-refractivity contribution in [3.05, 3.63) is 87.2 Å². The van der Waals surface area contributed by atoms with E-state index in [2.05, 4.69) is 36.1 Å². The quantitative estimate of drug-likeness (QED) is 0.468. The van der Waals surface area contributed by atoms with Gasteiger partial charge in [-0.15, -0.1) is 5.10 Å². The number of piperidine rings is 1. The number of fused-ring (bicyclic) bond motifs is 1. The summed E-state index contributed by atoms with van der Waals surface area (Å²) in [5.74, 6) is 0.0202. The number of aromatic amines is 1. The number of hydrogen-bond acceptors (Lipinski definition) is 5. The maximum atomic E-state index is 13.6. The van der Waals surface area contributed by atoms with E-state index in [0.29, 0.717) is 35.7 Å². The molecule has 0 aliphatic carbocycles. The Kier molecular flexibility index (Phi) is 6.15. The smallest absolute Gasteiger partial charge is 0.281 e. The molecule has 1 saturated heterocycles. The number of hydrogen-bond donors (Lipinski definition) is 1. The Morgan fingerprint density at radius 2 is 1.94 bits per heavy atom. The van der Waals surface area contributed by atoms with E-state index in [1.165, 1.54) is 22.4 Å². The maximum absolute atomic E-state index is 13.6. The number of carbonyl (C=O) groups is 1. The molecule has 4 aromatic rings. The molecule has 1 amide bonds. The fraction of sp³-hybridized carbons (Fsp3) is 0.370. The van der Waals surface area contributed by atoms with Crippen molar-refractivity contribution in [1.29, 1.82) is 0 Å². The van der Waals surface area contributed by atoms with E-state index in [0.717, 1.165) is 12.8 Å². The summed E-state index contributed by atoms with van der Waals surface area (Å²) < 4.78 is 15.1. The molecule has 5 rings (SSSR count). The highest BCUT2D eigenvalue weighted by Gasteiger charge is 2.28. The van der Waals surface area contributed by atoms with E-state index in [-0.39, 0.29) is 40.7 Å². The van der Waals surface area contributed by atoms with Crippen molar-refractivity contribution in [2.45, 2.75) is 51.5 Å². The highest BCUT2D eigenvalue weighted by atomic mass is 19.1. The minimum atomic E-state index is -0.373. The zero-order chi connectivity index (χ0) is 25.4. The fourth-order valence-corrected chi connectivity index (χ4v) is 4.67. The van der Waals surface area contributed by atoms with Crippen LogP contribution in [0.4, 0.5) is 4.39 Å². The van der Waals surface area contributed by atoms with Crippen LogP contribution in [0.3, 0.4) is 0 Å². The molecule has 186 valence electrons. The van der Waals surface area contributed by atoms with Gasteiger partial charge in [0.25, 0.3) is 11.5 Å². The van der Waals surface area contributed by atoms with E-state index >= 15 is 0 Å². The van der Waals surface area contributed by atoms with Gasteiger partial charge in [-0.05, 0) is 53.6 Å². The van der Waals surface area contributed by atoms with Crippen molar-refractivity contribution in [2.75, 3.05) is 13.1 Å². The third-order valence-electron chi connectivity index (χ3n) is 6.71.